The molecule has 0 radical (unpaired) electrons. The van der Waals surface area contributed by atoms with E-state index < -0.39 is 0 Å². The molecule has 136 valence electrons. The molecule has 0 saturated carbocycles. The third-order valence-corrected chi connectivity index (χ3v) is 5.13. The van der Waals surface area contributed by atoms with Crippen LogP contribution >= 0.6 is 0 Å². The Morgan fingerprint density at radius 3 is 2.81 bits per heavy atom. The molecular weight excluding hydrogens is 328 g/mol. The van der Waals surface area contributed by atoms with Gasteiger partial charge in [0.25, 0.3) is 0 Å². The number of nitriles is 1. The van der Waals surface area contributed by atoms with Crippen LogP contribution in [0.25, 0.3) is 0 Å². The summed E-state index contributed by atoms with van der Waals surface area (Å²) in [5, 5.41) is 13.2. The summed E-state index contributed by atoms with van der Waals surface area (Å²) in [7, 11) is 0. The molecule has 6 nitrogen and oxygen atoms in total. The molecule has 1 fully saturated rings. The van der Waals surface area contributed by atoms with Crippen molar-refractivity contribution in [1.29, 1.82) is 5.26 Å². The fourth-order valence-electron chi connectivity index (χ4n) is 3.77. The van der Waals surface area contributed by atoms with Gasteiger partial charge in [0, 0.05) is 25.1 Å². The largest absolute Gasteiger partial charge is 0.467 e. The molecule has 2 aliphatic rings. The van der Waals surface area contributed by atoms with E-state index in [9.17, 15) is 5.26 Å². The molecule has 4 heterocycles. The number of nitrogens with zero attached hydrogens (tertiary/aromatic N) is 3. The Labute approximate surface area is 153 Å². The van der Waals surface area contributed by atoms with Crippen molar-refractivity contribution >= 4 is 11.6 Å². The Hall–Kier alpha value is -2.52. The number of furan rings is 1. The number of hydrogen-bond acceptors (Lipinski definition) is 6. The average molecular weight is 352 g/mol. The third-order valence-electron chi connectivity index (χ3n) is 5.13. The number of pyridine rings is 1. The maximum Gasteiger partial charge on any atom is 0.147 e. The second-order valence-corrected chi connectivity index (χ2v) is 7.58. The summed E-state index contributed by atoms with van der Waals surface area (Å²) >= 11 is 0. The van der Waals surface area contributed by atoms with Gasteiger partial charge in [0.2, 0.25) is 0 Å². The van der Waals surface area contributed by atoms with Gasteiger partial charge < -0.3 is 19.4 Å². The molecule has 4 rings (SSSR count). The molecule has 0 spiro atoms. The molecule has 1 saturated heterocycles. The lowest BCUT2D eigenvalue weighted by atomic mass is 9.89. The van der Waals surface area contributed by atoms with E-state index in [2.05, 4.69) is 30.1 Å². The monoisotopic (exact) mass is 352 g/mol. The van der Waals surface area contributed by atoms with Crippen molar-refractivity contribution in [1.82, 2.24) is 4.98 Å². The molecule has 0 amide bonds. The number of fused-ring (bicyclic) bond motifs is 1. The highest BCUT2D eigenvalue weighted by Gasteiger charge is 2.33. The Balaban J connectivity index is 1.77. The fraction of sp³-hybridized carbons (Fsp3) is 0.500. The summed E-state index contributed by atoms with van der Waals surface area (Å²) in [6.45, 7) is 7.17. The smallest absolute Gasteiger partial charge is 0.147 e. The van der Waals surface area contributed by atoms with E-state index in [-0.39, 0.29) is 5.60 Å². The van der Waals surface area contributed by atoms with Crippen molar-refractivity contribution in [2.75, 3.05) is 23.3 Å². The van der Waals surface area contributed by atoms with Gasteiger partial charge in [-0.2, -0.15) is 5.26 Å². The lowest BCUT2D eigenvalue weighted by Gasteiger charge is -2.35. The quantitative estimate of drug-likeness (QED) is 0.906. The Morgan fingerprint density at radius 2 is 2.12 bits per heavy atom. The summed E-state index contributed by atoms with van der Waals surface area (Å²) in [5.41, 5.74) is 2.50. The van der Waals surface area contributed by atoms with Crippen molar-refractivity contribution in [2.45, 2.75) is 51.9 Å². The SMILES string of the molecule is CC1(C)Cc2c(C#N)c(NCc3ccco3)nc(N3CCCC3)c2CO1. The van der Waals surface area contributed by atoms with Gasteiger partial charge in [0.05, 0.1) is 30.6 Å². The minimum absolute atomic E-state index is 0.277. The van der Waals surface area contributed by atoms with Crippen molar-refractivity contribution in [3.63, 3.8) is 0 Å². The van der Waals surface area contributed by atoms with Crippen LogP contribution in [0.3, 0.4) is 0 Å². The molecule has 2 aromatic heterocycles. The summed E-state index contributed by atoms with van der Waals surface area (Å²) in [6.07, 6.45) is 4.72. The zero-order valence-corrected chi connectivity index (χ0v) is 15.3. The predicted octanol–water partition coefficient (Wildman–Crippen LogP) is 3.61. The number of rotatable bonds is 4. The van der Waals surface area contributed by atoms with Gasteiger partial charge in [-0.1, -0.05) is 0 Å². The summed E-state index contributed by atoms with van der Waals surface area (Å²) in [5.74, 6) is 2.43. The van der Waals surface area contributed by atoms with Crippen molar-refractivity contribution in [3.8, 4) is 6.07 Å². The van der Waals surface area contributed by atoms with Crippen LogP contribution in [0.15, 0.2) is 22.8 Å². The normalized spacial score (nSPS) is 18.4. The number of aromatic nitrogens is 1. The van der Waals surface area contributed by atoms with Crippen LogP contribution in [-0.2, 0) is 24.3 Å². The highest BCUT2D eigenvalue weighted by atomic mass is 16.5. The van der Waals surface area contributed by atoms with E-state index >= 15 is 0 Å². The van der Waals surface area contributed by atoms with E-state index in [0.717, 1.165) is 35.8 Å². The first kappa shape index (κ1) is 16.9. The number of nitrogens with one attached hydrogen (secondary N) is 1. The maximum absolute atomic E-state index is 9.85. The lowest BCUT2D eigenvalue weighted by molar-refractivity contribution is -0.0400. The van der Waals surface area contributed by atoms with Gasteiger partial charge in [-0.15, -0.1) is 0 Å². The first-order valence-corrected chi connectivity index (χ1v) is 9.18. The Kier molecular flexibility index (Phi) is 4.33. The van der Waals surface area contributed by atoms with Crippen LogP contribution in [0.2, 0.25) is 0 Å². The topological polar surface area (TPSA) is 74.3 Å². The Morgan fingerprint density at radius 1 is 1.31 bits per heavy atom. The summed E-state index contributed by atoms with van der Waals surface area (Å²) in [6, 6.07) is 6.15. The highest BCUT2D eigenvalue weighted by Crippen LogP contribution is 2.38. The van der Waals surface area contributed by atoms with Gasteiger partial charge in [0.15, 0.2) is 0 Å². The number of anilines is 2. The van der Waals surface area contributed by atoms with Crippen LogP contribution in [0, 0.1) is 11.3 Å². The molecule has 0 unspecified atom stereocenters. The standard InChI is InChI=1S/C20H24N4O2/c1-20(2)10-15-16(11-21)18(22-12-14-6-5-9-25-14)23-19(17(15)13-26-20)24-7-3-4-8-24/h5-6,9H,3-4,7-8,10,12-13H2,1-2H3,(H,22,23). The molecule has 0 atom stereocenters. The molecule has 0 aliphatic carbocycles. The maximum atomic E-state index is 9.85. The van der Waals surface area contributed by atoms with Gasteiger partial charge in [0.1, 0.15) is 23.5 Å². The van der Waals surface area contributed by atoms with Crippen LogP contribution in [0.4, 0.5) is 11.6 Å². The van der Waals surface area contributed by atoms with Gasteiger partial charge in [-0.05, 0) is 44.4 Å². The van der Waals surface area contributed by atoms with E-state index in [1.165, 1.54) is 12.8 Å². The van der Waals surface area contributed by atoms with Crippen molar-refractivity contribution < 1.29 is 9.15 Å². The second-order valence-electron chi connectivity index (χ2n) is 7.58. The zero-order valence-electron chi connectivity index (χ0n) is 15.3. The van der Waals surface area contributed by atoms with Crippen molar-refractivity contribution in [2.24, 2.45) is 0 Å². The molecule has 0 aromatic carbocycles. The highest BCUT2D eigenvalue weighted by molar-refractivity contribution is 5.67. The summed E-state index contributed by atoms with van der Waals surface area (Å²) < 4.78 is 11.4. The lowest BCUT2D eigenvalue weighted by Crippen LogP contribution is -2.34. The molecule has 1 N–H and O–H groups in total. The van der Waals surface area contributed by atoms with Crippen LogP contribution in [0.1, 0.15) is 49.1 Å². The van der Waals surface area contributed by atoms with E-state index in [4.69, 9.17) is 14.1 Å². The van der Waals surface area contributed by atoms with Gasteiger partial charge in [-0.25, -0.2) is 4.98 Å². The third kappa shape index (κ3) is 3.15. The van der Waals surface area contributed by atoms with E-state index in [1.807, 2.05) is 12.1 Å². The first-order valence-electron chi connectivity index (χ1n) is 9.18. The molecule has 26 heavy (non-hydrogen) atoms. The number of hydrogen-bond donors (Lipinski definition) is 1. The molecular formula is C20H24N4O2. The van der Waals surface area contributed by atoms with Gasteiger partial charge in [-0.3, -0.25) is 0 Å². The minimum atomic E-state index is -0.277. The fourth-order valence-corrected chi connectivity index (χ4v) is 3.77. The predicted molar refractivity (Wildman–Crippen MR) is 99.0 cm³/mol. The molecule has 0 bridgehead atoms. The zero-order chi connectivity index (χ0) is 18.1. The molecule has 2 aliphatic heterocycles. The Bertz CT molecular complexity index is 830. The first-order chi connectivity index (χ1) is 12.6. The van der Waals surface area contributed by atoms with Gasteiger partial charge >= 0.3 is 0 Å². The summed E-state index contributed by atoms with van der Waals surface area (Å²) in [4.78, 5) is 7.18. The molecule has 6 heteroatoms. The van der Waals surface area contributed by atoms with E-state index in [1.54, 1.807) is 6.26 Å². The minimum Gasteiger partial charge on any atom is -0.467 e. The molecule has 2 aromatic rings. The van der Waals surface area contributed by atoms with E-state index in [0.29, 0.717) is 31.0 Å². The van der Waals surface area contributed by atoms with Crippen LogP contribution in [-0.4, -0.2) is 23.7 Å². The second kappa shape index (κ2) is 6.65. The van der Waals surface area contributed by atoms with Crippen LogP contribution in [0.5, 0.6) is 0 Å². The van der Waals surface area contributed by atoms with Crippen molar-refractivity contribution in [3.05, 3.63) is 40.8 Å². The average Bonchev–Trinajstić information content (AvgIpc) is 3.31. The van der Waals surface area contributed by atoms with Crippen LogP contribution < -0.4 is 10.2 Å². The number of ether oxygens (including phenoxy) is 1.